The molecule has 0 saturated carbocycles. The van der Waals surface area contributed by atoms with E-state index in [-0.39, 0.29) is 17.4 Å². The zero-order valence-corrected chi connectivity index (χ0v) is 10.6. The Morgan fingerprint density at radius 1 is 1.26 bits per heavy atom. The van der Waals surface area contributed by atoms with Gasteiger partial charge < -0.3 is 10.5 Å². The first-order valence-corrected chi connectivity index (χ1v) is 5.77. The molecule has 0 radical (unpaired) electrons. The molecule has 2 aromatic rings. The Morgan fingerprint density at radius 3 is 2.68 bits per heavy atom. The third-order valence-corrected chi connectivity index (χ3v) is 2.62. The predicted molar refractivity (Wildman–Crippen MR) is 67.0 cm³/mol. The van der Waals surface area contributed by atoms with Crippen molar-refractivity contribution in [2.75, 3.05) is 5.73 Å². The minimum absolute atomic E-state index is 0.133. The van der Waals surface area contributed by atoms with Gasteiger partial charge in [0.05, 0.1) is 5.56 Å². The summed E-state index contributed by atoms with van der Waals surface area (Å²) in [6, 6.07) is 3.69. The summed E-state index contributed by atoms with van der Waals surface area (Å²) in [6.45, 7) is 3.51. The fourth-order valence-corrected chi connectivity index (χ4v) is 1.48. The van der Waals surface area contributed by atoms with Crippen molar-refractivity contribution in [3.63, 3.8) is 0 Å². The summed E-state index contributed by atoms with van der Waals surface area (Å²) in [7, 11) is 0. The zero-order valence-electron chi connectivity index (χ0n) is 10.6. The number of benzene rings is 1. The van der Waals surface area contributed by atoms with Crippen LogP contribution in [0.2, 0.25) is 0 Å². The summed E-state index contributed by atoms with van der Waals surface area (Å²) in [5, 5.41) is 0. The molecule has 0 atom stereocenters. The van der Waals surface area contributed by atoms with Crippen molar-refractivity contribution in [2.45, 2.75) is 20.3 Å². The third-order valence-electron chi connectivity index (χ3n) is 2.62. The van der Waals surface area contributed by atoms with Crippen LogP contribution in [0.15, 0.2) is 18.2 Å². The summed E-state index contributed by atoms with van der Waals surface area (Å²) in [6.07, 6.45) is 0.562. The molecular weight excluding hydrogens is 252 g/mol. The van der Waals surface area contributed by atoms with Crippen LogP contribution in [0.25, 0.3) is 0 Å². The lowest BCUT2D eigenvalue weighted by Crippen LogP contribution is -2.05. The molecule has 1 aromatic heterocycles. The van der Waals surface area contributed by atoms with Gasteiger partial charge in [-0.1, -0.05) is 13.0 Å². The van der Waals surface area contributed by atoms with Crippen LogP contribution in [0.5, 0.6) is 11.6 Å². The molecule has 0 fully saturated rings. The maximum Gasteiger partial charge on any atom is 0.227 e. The molecule has 0 saturated heterocycles. The first-order valence-electron chi connectivity index (χ1n) is 5.77. The van der Waals surface area contributed by atoms with Crippen LogP contribution >= 0.6 is 0 Å². The molecule has 2 N–H and O–H groups in total. The van der Waals surface area contributed by atoms with Crippen molar-refractivity contribution < 1.29 is 13.5 Å². The van der Waals surface area contributed by atoms with E-state index < -0.39 is 11.6 Å². The van der Waals surface area contributed by atoms with Crippen LogP contribution in [0, 0.1) is 18.6 Å². The van der Waals surface area contributed by atoms with Gasteiger partial charge in [-0.15, -0.1) is 0 Å². The Bertz CT molecular complexity index is 617. The SMILES string of the molecule is CCc1nc(N)c(C)c(Oc2cccc(F)c2F)n1. The van der Waals surface area contributed by atoms with Gasteiger partial charge in [0, 0.05) is 6.42 Å². The van der Waals surface area contributed by atoms with Crippen molar-refractivity contribution in [3.05, 3.63) is 41.2 Å². The normalized spacial score (nSPS) is 10.5. The largest absolute Gasteiger partial charge is 0.435 e. The van der Waals surface area contributed by atoms with Crippen LogP contribution in [-0.2, 0) is 6.42 Å². The molecule has 1 aromatic carbocycles. The molecule has 6 heteroatoms. The molecule has 1 heterocycles. The molecular formula is C13H13F2N3O. The average molecular weight is 265 g/mol. The standard InChI is InChI=1S/C13H13F2N3O/c1-3-10-17-12(16)7(2)13(18-10)19-9-6-4-5-8(14)11(9)15/h4-6H,3H2,1-2H3,(H2,16,17,18). The fourth-order valence-electron chi connectivity index (χ4n) is 1.48. The smallest absolute Gasteiger partial charge is 0.227 e. The summed E-state index contributed by atoms with van der Waals surface area (Å²) >= 11 is 0. The molecule has 100 valence electrons. The zero-order chi connectivity index (χ0) is 14.0. The second kappa shape index (κ2) is 5.17. The summed E-state index contributed by atoms with van der Waals surface area (Å²) < 4.78 is 31.9. The molecule has 0 unspecified atom stereocenters. The third kappa shape index (κ3) is 2.62. The Balaban J connectivity index is 2.43. The highest BCUT2D eigenvalue weighted by atomic mass is 19.2. The quantitative estimate of drug-likeness (QED) is 0.926. The number of hydrogen-bond acceptors (Lipinski definition) is 4. The molecule has 0 aliphatic heterocycles. The van der Waals surface area contributed by atoms with E-state index in [1.54, 1.807) is 6.92 Å². The topological polar surface area (TPSA) is 61.0 Å². The Hall–Kier alpha value is -2.24. The van der Waals surface area contributed by atoms with E-state index >= 15 is 0 Å². The average Bonchev–Trinajstić information content (AvgIpc) is 2.39. The van der Waals surface area contributed by atoms with Crippen molar-refractivity contribution in [1.82, 2.24) is 9.97 Å². The van der Waals surface area contributed by atoms with E-state index in [0.29, 0.717) is 17.8 Å². The second-order valence-corrected chi connectivity index (χ2v) is 3.96. The second-order valence-electron chi connectivity index (χ2n) is 3.96. The van der Waals surface area contributed by atoms with Gasteiger partial charge in [-0.25, -0.2) is 9.37 Å². The number of nitrogen functional groups attached to an aromatic ring is 1. The first-order chi connectivity index (χ1) is 9.02. The Kier molecular flexibility index (Phi) is 3.59. The van der Waals surface area contributed by atoms with Crippen LogP contribution in [0.1, 0.15) is 18.3 Å². The number of ether oxygens (including phenoxy) is 1. The minimum Gasteiger partial charge on any atom is -0.435 e. The minimum atomic E-state index is -1.06. The number of rotatable bonds is 3. The van der Waals surface area contributed by atoms with E-state index in [1.165, 1.54) is 12.1 Å². The van der Waals surface area contributed by atoms with Crippen molar-refractivity contribution in [2.24, 2.45) is 0 Å². The number of nitrogens with two attached hydrogens (primary N) is 1. The lowest BCUT2D eigenvalue weighted by atomic mass is 10.3. The highest BCUT2D eigenvalue weighted by Crippen LogP contribution is 2.28. The number of hydrogen-bond donors (Lipinski definition) is 1. The number of halogens is 2. The van der Waals surface area contributed by atoms with Crippen molar-refractivity contribution in [1.29, 1.82) is 0 Å². The van der Waals surface area contributed by atoms with Gasteiger partial charge in [-0.05, 0) is 19.1 Å². The van der Waals surface area contributed by atoms with Gasteiger partial charge in [0.15, 0.2) is 11.6 Å². The van der Waals surface area contributed by atoms with Gasteiger partial charge in [-0.3, -0.25) is 0 Å². The molecule has 0 bridgehead atoms. The van der Waals surface area contributed by atoms with E-state index in [4.69, 9.17) is 10.5 Å². The summed E-state index contributed by atoms with van der Waals surface area (Å²) in [5.74, 6) is -1.39. The van der Waals surface area contributed by atoms with Crippen LogP contribution in [0.4, 0.5) is 14.6 Å². The molecule has 0 aliphatic rings. The lowest BCUT2D eigenvalue weighted by Gasteiger charge is -2.11. The highest BCUT2D eigenvalue weighted by molar-refractivity contribution is 5.46. The molecule has 0 spiro atoms. The molecule has 4 nitrogen and oxygen atoms in total. The van der Waals surface area contributed by atoms with E-state index in [2.05, 4.69) is 9.97 Å². The monoisotopic (exact) mass is 265 g/mol. The highest BCUT2D eigenvalue weighted by Gasteiger charge is 2.14. The fraction of sp³-hybridized carbons (Fsp3) is 0.231. The van der Waals surface area contributed by atoms with Crippen LogP contribution in [0.3, 0.4) is 0 Å². The summed E-state index contributed by atoms with van der Waals surface area (Å²) in [5.41, 5.74) is 6.21. The Morgan fingerprint density at radius 2 is 2.00 bits per heavy atom. The van der Waals surface area contributed by atoms with Crippen LogP contribution in [-0.4, -0.2) is 9.97 Å². The Labute approximate surface area is 109 Å². The van der Waals surface area contributed by atoms with Crippen molar-refractivity contribution >= 4 is 5.82 Å². The van der Waals surface area contributed by atoms with Gasteiger partial charge in [0.1, 0.15) is 11.6 Å². The number of aromatic nitrogens is 2. The van der Waals surface area contributed by atoms with Crippen molar-refractivity contribution in [3.8, 4) is 11.6 Å². The first kappa shape index (κ1) is 13.2. The van der Waals surface area contributed by atoms with Gasteiger partial charge >= 0.3 is 0 Å². The van der Waals surface area contributed by atoms with E-state index in [0.717, 1.165) is 6.07 Å². The number of aryl methyl sites for hydroxylation is 1. The maximum absolute atomic E-state index is 13.5. The number of anilines is 1. The van der Waals surface area contributed by atoms with E-state index in [9.17, 15) is 8.78 Å². The molecule has 0 amide bonds. The predicted octanol–water partition coefficient (Wildman–Crippen LogP) is 3.00. The number of nitrogens with zero attached hydrogens (tertiary/aromatic N) is 2. The van der Waals surface area contributed by atoms with Gasteiger partial charge in [0.2, 0.25) is 11.7 Å². The molecule has 19 heavy (non-hydrogen) atoms. The van der Waals surface area contributed by atoms with E-state index in [1.807, 2.05) is 6.92 Å². The van der Waals surface area contributed by atoms with Crippen LogP contribution < -0.4 is 10.5 Å². The lowest BCUT2D eigenvalue weighted by molar-refractivity contribution is 0.401. The summed E-state index contributed by atoms with van der Waals surface area (Å²) in [4.78, 5) is 8.17. The molecule has 0 aliphatic carbocycles. The maximum atomic E-state index is 13.5. The molecule has 2 rings (SSSR count). The van der Waals surface area contributed by atoms with Gasteiger partial charge in [0.25, 0.3) is 0 Å². The van der Waals surface area contributed by atoms with Gasteiger partial charge in [-0.2, -0.15) is 9.37 Å².